The molecule has 1 unspecified atom stereocenters. The highest BCUT2D eigenvalue weighted by Gasteiger charge is 2.27. The number of carbonyl (C=O) groups excluding carboxylic acids is 1. The van der Waals surface area contributed by atoms with Crippen LogP contribution in [0.2, 0.25) is 0 Å². The van der Waals surface area contributed by atoms with Crippen LogP contribution in [0.15, 0.2) is 28.8 Å². The summed E-state index contributed by atoms with van der Waals surface area (Å²) in [5, 5.41) is 3.84. The van der Waals surface area contributed by atoms with Gasteiger partial charge >= 0.3 is 0 Å². The van der Waals surface area contributed by atoms with Crippen LogP contribution in [0.25, 0.3) is 0 Å². The van der Waals surface area contributed by atoms with Gasteiger partial charge in [-0.15, -0.1) is 0 Å². The van der Waals surface area contributed by atoms with Crippen LogP contribution in [0, 0.1) is 6.92 Å². The fourth-order valence-electron chi connectivity index (χ4n) is 2.89. The first-order valence-corrected chi connectivity index (χ1v) is 8.06. The smallest absolute Gasteiger partial charge is 0.254 e. The molecule has 7 heteroatoms. The average Bonchev–Trinajstić information content (AvgIpc) is 3.07. The number of aryl methyl sites for hydroxylation is 1. The van der Waals surface area contributed by atoms with Crippen molar-refractivity contribution in [3.05, 3.63) is 41.5 Å². The predicted molar refractivity (Wildman–Crippen MR) is 87.9 cm³/mol. The lowest BCUT2D eigenvalue weighted by Gasteiger charge is -2.36. The summed E-state index contributed by atoms with van der Waals surface area (Å²) in [6.07, 6.45) is 0. The van der Waals surface area contributed by atoms with E-state index in [0.717, 1.165) is 13.1 Å². The molecule has 0 spiro atoms. The molecule has 7 nitrogen and oxygen atoms in total. The second-order valence-electron chi connectivity index (χ2n) is 5.92. The third-order valence-electron chi connectivity index (χ3n) is 4.37. The van der Waals surface area contributed by atoms with E-state index < -0.39 is 0 Å². The molecule has 2 heterocycles. The molecule has 1 aromatic heterocycles. The fourth-order valence-corrected chi connectivity index (χ4v) is 2.89. The lowest BCUT2D eigenvalue weighted by Crippen LogP contribution is -2.49. The molecule has 128 valence electrons. The van der Waals surface area contributed by atoms with Crippen LogP contribution in [0.3, 0.4) is 0 Å². The minimum absolute atomic E-state index is 0.0369. The van der Waals surface area contributed by atoms with Gasteiger partial charge in [0.25, 0.3) is 5.91 Å². The molecule has 1 amide bonds. The van der Waals surface area contributed by atoms with Crippen LogP contribution in [0.4, 0.5) is 0 Å². The summed E-state index contributed by atoms with van der Waals surface area (Å²) in [7, 11) is 1.60. The SMILES string of the molecule is COc1cccc(C(=O)N2CCN(C(C)c3nc(C)no3)CC2)c1. The van der Waals surface area contributed by atoms with Crippen molar-refractivity contribution in [1.29, 1.82) is 0 Å². The van der Waals surface area contributed by atoms with E-state index in [1.165, 1.54) is 0 Å². The Morgan fingerprint density at radius 2 is 2.04 bits per heavy atom. The molecule has 2 aromatic rings. The van der Waals surface area contributed by atoms with Gasteiger partial charge in [0.1, 0.15) is 5.75 Å². The summed E-state index contributed by atoms with van der Waals surface area (Å²) in [5.41, 5.74) is 0.656. The second-order valence-corrected chi connectivity index (χ2v) is 5.92. The molecule has 1 aromatic carbocycles. The first-order valence-electron chi connectivity index (χ1n) is 8.06. The standard InChI is InChI=1S/C17H22N4O3/c1-12(16-18-13(2)19-24-16)20-7-9-21(10-8-20)17(22)14-5-4-6-15(11-14)23-3/h4-6,11-12H,7-10H2,1-3H3. The maximum atomic E-state index is 12.6. The Morgan fingerprint density at radius 1 is 1.29 bits per heavy atom. The van der Waals surface area contributed by atoms with Crippen LogP contribution >= 0.6 is 0 Å². The number of rotatable bonds is 4. The molecule has 0 N–H and O–H groups in total. The van der Waals surface area contributed by atoms with Gasteiger partial charge in [0.15, 0.2) is 5.82 Å². The third kappa shape index (κ3) is 3.41. The number of methoxy groups -OCH3 is 1. The van der Waals surface area contributed by atoms with Crippen LogP contribution in [0.5, 0.6) is 5.75 Å². The van der Waals surface area contributed by atoms with Crippen molar-refractivity contribution in [2.75, 3.05) is 33.3 Å². The van der Waals surface area contributed by atoms with Gasteiger partial charge in [-0.2, -0.15) is 4.98 Å². The van der Waals surface area contributed by atoms with Gasteiger partial charge in [-0.05, 0) is 32.0 Å². The lowest BCUT2D eigenvalue weighted by molar-refractivity contribution is 0.0551. The molecule has 0 saturated carbocycles. The van der Waals surface area contributed by atoms with Crippen LogP contribution in [-0.2, 0) is 0 Å². The molecule has 0 bridgehead atoms. The Morgan fingerprint density at radius 3 is 2.67 bits per heavy atom. The van der Waals surface area contributed by atoms with E-state index in [2.05, 4.69) is 15.0 Å². The summed E-state index contributed by atoms with van der Waals surface area (Å²) in [6.45, 7) is 6.76. The molecule has 1 saturated heterocycles. The minimum atomic E-state index is 0.0369. The summed E-state index contributed by atoms with van der Waals surface area (Å²) < 4.78 is 10.4. The summed E-state index contributed by atoms with van der Waals surface area (Å²) in [6, 6.07) is 7.32. The van der Waals surface area contributed by atoms with E-state index in [-0.39, 0.29) is 11.9 Å². The van der Waals surface area contributed by atoms with E-state index in [0.29, 0.717) is 36.1 Å². The van der Waals surface area contributed by atoms with Gasteiger partial charge in [-0.3, -0.25) is 9.69 Å². The van der Waals surface area contributed by atoms with E-state index in [4.69, 9.17) is 9.26 Å². The zero-order chi connectivity index (χ0) is 17.1. The van der Waals surface area contributed by atoms with E-state index in [9.17, 15) is 4.79 Å². The van der Waals surface area contributed by atoms with Crippen molar-refractivity contribution in [2.24, 2.45) is 0 Å². The number of nitrogens with zero attached hydrogens (tertiary/aromatic N) is 4. The summed E-state index contributed by atoms with van der Waals surface area (Å²) in [4.78, 5) is 21.0. The Bertz CT molecular complexity index is 707. The summed E-state index contributed by atoms with van der Waals surface area (Å²) >= 11 is 0. The molecule has 24 heavy (non-hydrogen) atoms. The highest BCUT2D eigenvalue weighted by molar-refractivity contribution is 5.94. The van der Waals surface area contributed by atoms with Crippen LogP contribution in [-0.4, -0.2) is 59.1 Å². The molecule has 0 radical (unpaired) electrons. The average molecular weight is 330 g/mol. The number of carbonyl (C=O) groups is 1. The third-order valence-corrected chi connectivity index (χ3v) is 4.37. The molecule has 3 rings (SSSR count). The van der Waals surface area contributed by atoms with Crippen molar-refractivity contribution in [3.8, 4) is 5.75 Å². The van der Waals surface area contributed by atoms with Crippen molar-refractivity contribution < 1.29 is 14.1 Å². The van der Waals surface area contributed by atoms with Crippen molar-refractivity contribution in [3.63, 3.8) is 0 Å². The second kappa shape index (κ2) is 7.00. The largest absolute Gasteiger partial charge is 0.497 e. The Kier molecular flexibility index (Phi) is 4.80. The number of aromatic nitrogens is 2. The molecule has 1 aliphatic rings. The van der Waals surface area contributed by atoms with E-state index >= 15 is 0 Å². The van der Waals surface area contributed by atoms with Gasteiger partial charge < -0.3 is 14.2 Å². The number of hydrogen-bond acceptors (Lipinski definition) is 6. The number of ether oxygens (including phenoxy) is 1. The van der Waals surface area contributed by atoms with Gasteiger partial charge in [0, 0.05) is 31.7 Å². The lowest BCUT2D eigenvalue weighted by atomic mass is 10.1. The first-order chi connectivity index (χ1) is 11.6. The van der Waals surface area contributed by atoms with Gasteiger partial charge in [-0.1, -0.05) is 11.2 Å². The topological polar surface area (TPSA) is 71.7 Å². The molecule has 0 aliphatic carbocycles. The monoisotopic (exact) mass is 330 g/mol. The minimum Gasteiger partial charge on any atom is -0.497 e. The maximum Gasteiger partial charge on any atom is 0.254 e. The van der Waals surface area contributed by atoms with Gasteiger partial charge in [0.05, 0.1) is 13.2 Å². The normalized spacial score (nSPS) is 16.9. The first kappa shape index (κ1) is 16.4. The highest BCUT2D eigenvalue weighted by atomic mass is 16.5. The number of amides is 1. The fraction of sp³-hybridized carbons (Fsp3) is 0.471. The number of piperazine rings is 1. The van der Waals surface area contributed by atoms with E-state index in [1.807, 2.05) is 36.9 Å². The Labute approximate surface area is 141 Å². The van der Waals surface area contributed by atoms with Crippen molar-refractivity contribution >= 4 is 5.91 Å². The Hall–Kier alpha value is -2.41. The van der Waals surface area contributed by atoms with Crippen molar-refractivity contribution in [2.45, 2.75) is 19.9 Å². The van der Waals surface area contributed by atoms with Crippen molar-refractivity contribution in [1.82, 2.24) is 19.9 Å². The quantitative estimate of drug-likeness (QED) is 0.853. The van der Waals surface area contributed by atoms with Gasteiger partial charge in [-0.25, -0.2) is 0 Å². The van der Waals surface area contributed by atoms with E-state index in [1.54, 1.807) is 13.2 Å². The highest BCUT2D eigenvalue weighted by Crippen LogP contribution is 2.21. The zero-order valence-corrected chi connectivity index (χ0v) is 14.2. The zero-order valence-electron chi connectivity index (χ0n) is 14.2. The number of hydrogen-bond donors (Lipinski definition) is 0. The van der Waals surface area contributed by atoms with Crippen LogP contribution < -0.4 is 4.74 Å². The maximum absolute atomic E-state index is 12.6. The van der Waals surface area contributed by atoms with Gasteiger partial charge in [0.2, 0.25) is 5.89 Å². The molecule has 1 atom stereocenters. The molecular weight excluding hydrogens is 308 g/mol. The molecular formula is C17H22N4O3. The Balaban J connectivity index is 1.61. The summed E-state index contributed by atoms with van der Waals surface area (Å²) in [5.74, 6) is 2.00. The number of benzene rings is 1. The molecule has 1 fully saturated rings. The molecule has 1 aliphatic heterocycles. The van der Waals surface area contributed by atoms with Crippen LogP contribution in [0.1, 0.15) is 35.0 Å². The predicted octanol–water partition coefficient (Wildman–Crippen LogP) is 1.91.